The summed E-state index contributed by atoms with van der Waals surface area (Å²) in [4.78, 5) is 4.28. The summed E-state index contributed by atoms with van der Waals surface area (Å²) in [7, 11) is -3.42. The molecule has 0 aromatic carbocycles. The van der Waals surface area contributed by atoms with Gasteiger partial charge in [-0.1, -0.05) is 0 Å². The third-order valence-electron chi connectivity index (χ3n) is 4.48. The second-order valence-electron chi connectivity index (χ2n) is 5.84. The Morgan fingerprint density at radius 2 is 2.05 bits per heavy atom. The van der Waals surface area contributed by atoms with Gasteiger partial charge >= 0.3 is 0 Å². The molecule has 2 saturated heterocycles. The van der Waals surface area contributed by atoms with E-state index in [-0.39, 0.29) is 6.61 Å². The van der Waals surface area contributed by atoms with Gasteiger partial charge in [0.15, 0.2) is 0 Å². The number of hydrogen-bond acceptors (Lipinski definition) is 5. The predicted octanol–water partition coefficient (Wildman–Crippen LogP) is 1.41. The minimum atomic E-state index is -3.42. The van der Waals surface area contributed by atoms with E-state index in [2.05, 4.69) is 4.90 Å². The van der Waals surface area contributed by atoms with Crippen LogP contribution in [0.5, 0.6) is 0 Å². The highest BCUT2D eigenvalue weighted by Crippen LogP contribution is 2.31. The first kappa shape index (κ1) is 15.4. The molecule has 0 amide bonds. The van der Waals surface area contributed by atoms with Crippen molar-refractivity contribution in [3.05, 3.63) is 15.8 Å². The third-order valence-corrected chi connectivity index (χ3v) is 7.64. The predicted molar refractivity (Wildman–Crippen MR) is 82.9 cm³/mol. The first-order valence-corrected chi connectivity index (χ1v) is 9.72. The van der Waals surface area contributed by atoms with Crippen LogP contribution in [-0.2, 0) is 16.6 Å². The lowest BCUT2D eigenvalue weighted by Gasteiger charge is -2.23. The van der Waals surface area contributed by atoms with E-state index in [1.165, 1.54) is 24.2 Å². The lowest BCUT2D eigenvalue weighted by atomic mass is 10.2. The van der Waals surface area contributed by atoms with Crippen LogP contribution in [0.25, 0.3) is 0 Å². The van der Waals surface area contributed by atoms with Crippen molar-refractivity contribution in [3.8, 4) is 0 Å². The van der Waals surface area contributed by atoms with Crippen molar-refractivity contribution in [2.75, 3.05) is 26.2 Å². The zero-order chi connectivity index (χ0) is 15.0. The first-order valence-electron chi connectivity index (χ1n) is 7.47. The Kier molecular flexibility index (Phi) is 4.38. The molecule has 21 heavy (non-hydrogen) atoms. The number of nitrogens with zero attached hydrogens (tertiary/aromatic N) is 2. The summed E-state index contributed by atoms with van der Waals surface area (Å²) in [5.41, 5.74) is 0. The van der Waals surface area contributed by atoms with E-state index in [1.54, 1.807) is 10.4 Å². The molecule has 0 spiro atoms. The molecule has 1 unspecified atom stereocenters. The molecule has 0 radical (unpaired) electrons. The van der Waals surface area contributed by atoms with Gasteiger partial charge in [-0.25, -0.2) is 8.42 Å². The maximum absolute atomic E-state index is 12.8. The molecule has 7 heteroatoms. The number of likely N-dealkylation sites (tertiary alicyclic amines) is 1. The SMILES string of the molecule is Cc1sc(CO)cc1S(=O)(=O)N1CCC(N2CCCC2)C1. The van der Waals surface area contributed by atoms with Crippen molar-refractivity contribution < 1.29 is 13.5 Å². The van der Waals surface area contributed by atoms with Gasteiger partial charge in [0.05, 0.1) is 11.5 Å². The van der Waals surface area contributed by atoms with Crippen LogP contribution >= 0.6 is 11.3 Å². The van der Waals surface area contributed by atoms with E-state index < -0.39 is 10.0 Å². The zero-order valence-electron chi connectivity index (χ0n) is 12.3. The quantitative estimate of drug-likeness (QED) is 0.907. The fourth-order valence-corrected chi connectivity index (χ4v) is 6.29. The van der Waals surface area contributed by atoms with E-state index in [0.717, 1.165) is 24.4 Å². The Hall–Kier alpha value is -0.470. The van der Waals surface area contributed by atoms with Gasteiger partial charge in [0.1, 0.15) is 0 Å². The van der Waals surface area contributed by atoms with E-state index in [1.807, 2.05) is 6.92 Å². The summed E-state index contributed by atoms with van der Waals surface area (Å²) in [6.45, 7) is 5.12. The lowest BCUT2D eigenvalue weighted by molar-refractivity contribution is 0.251. The number of aryl methyl sites for hydroxylation is 1. The Morgan fingerprint density at radius 3 is 2.67 bits per heavy atom. The van der Waals surface area contributed by atoms with Crippen LogP contribution < -0.4 is 0 Å². The summed E-state index contributed by atoms with van der Waals surface area (Å²) in [5.74, 6) is 0. The van der Waals surface area contributed by atoms with Crippen LogP contribution in [0.15, 0.2) is 11.0 Å². The molecule has 1 aromatic heterocycles. The van der Waals surface area contributed by atoms with E-state index in [9.17, 15) is 13.5 Å². The molecule has 5 nitrogen and oxygen atoms in total. The number of sulfonamides is 1. The molecule has 1 atom stereocenters. The number of rotatable bonds is 4. The fraction of sp³-hybridized carbons (Fsp3) is 0.714. The van der Waals surface area contributed by atoms with Crippen LogP contribution in [0.1, 0.15) is 29.0 Å². The fourth-order valence-electron chi connectivity index (χ4n) is 3.33. The highest BCUT2D eigenvalue weighted by molar-refractivity contribution is 7.89. The average molecular weight is 330 g/mol. The van der Waals surface area contributed by atoms with E-state index >= 15 is 0 Å². The van der Waals surface area contributed by atoms with Crippen LogP contribution in [0.2, 0.25) is 0 Å². The Labute approximate surface area is 130 Å². The van der Waals surface area contributed by atoms with Crippen molar-refractivity contribution in [1.29, 1.82) is 0 Å². The number of thiophene rings is 1. The lowest BCUT2D eigenvalue weighted by Crippen LogP contribution is -2.37. The van der Waals surface area contributed by atoms with Gasteiger partial charge < -0.3 is 5.11 Å². The van der Waals surface area contributed by atoms with Crippen LogP contribution in [0.3, 0.4) is 0 Å². The van der Waals surface area contributed by atoms with Gasteiger partial charge in [0.2, 0.25) is 10.0 Å². The molecule has 0 aliphatic carbocycles. The molecule has 118 valence electrons. The summed E-state index contributed by atoms with van der Waals surface area (Å²) in [5, 5.41) is 9.19. The van der Waals surface area contributed by atoms with Crippen LogP contribution in [0, 0.1) is 6.92 Å². The van der Waals surface area contributed by atoms with E-state index in [4.69, 9.17) is 0 Å². The standard InChI is InChI=1S/C14H22N2O3S2/c1-11-14(8-13(10-17)20-11)21(18,19)16-7-4-12(9-16)15-5-2-3-6-15/h8,12,17H,2-7,9-10H2,1H3. The van der Waals surface area contributed by atoms with Gasteiger partial charge in [-0.3, -0.25) is 4.90 Å². The van der Waals surface area contributed by atoms with Crippen LogP contribution in [-0.4, -0.2) is 55.0 Å². The molecule has 2 aliphatic heterocycles. The molecular weight excluding hydrogens is 308 g/mol. The summed E-state index contributed by atoms with van der Waals surface area (Å²) in [6.07, 6.45) is 3.38. The Morgan fingerprint density at radius 1 is 1.33 bits per heavy atom. The average Bonchev–Trinajstić information content (AvgIpc) is 3.18. The monoisotopic (exact) mass is 330 g/mol. The van der Waals surface area contributed by atoms with Crippen molar-refractivity contribution in [3.63, 3.8) is 0 Å². The number of aliphatic hydroxyl groups excluding tert-OH is 1. The molecule has 0 saturated carbocycles. The van der Waals surface area contributed by atoms with Crippen molar-refractivity contribution >= 4 is 21.4 Å². The van der Waals surface area contributed by atoms with Gasteiger partial charge in [0.25, 0.3) is 0 Å². The third kappa shape index (κ3) is 2.90. The largest absolute Gasteiger partial charge is 0.391 e. The van der Waals surface area contributed by atoms with Crippen molar-refractivity contribution in [1.82, 2.24) is 9.21 Å². The zero-order valence-corrected chi connectivity index (χ0v) is 13.9. The molecule has 2 aliphatic rings. The summed E-state index contributed by atoms with van der Waals surface area (Å²) < 4.78 is 27.2. The Bertz CT molecular complexity index is 606. The highest BCUT2D eigenvalue weighted by atomic mass is 32.2. The smallest absolute Gasteiger partial charge is 0.244 e. The highest BCUT2D eigenvalue weighted by Gasteiger charge is 2.36. The normalized spacial score (nSPS) is 25.0. The second kappa shape index (κ2) is 5.96. The summed E-state index contributed by atoms with van der Waals surface area (Å²) >= 11 is 1.36. The summed E-state index contributed by atoms with van der Waals surface area (Å²) in [6, 6.07) is 2.00. The minimum Gasteiger partial charge on any atom is -0.391 e. The Balaban J connectivity index is 1.77. The first-order chi connectivity index (χ1) is 10.0. The molecule has 1 N–H and O–H groups in total. The van der Waals surface area contributed by atoms with E-state index in [0.29, 0.717) is 28.9 Å². The van der Waals surface area contributed by atoms with Crippen LogP contribution in [0.4, 0.5) is 0 Å². The molecule has 3 heterocycles. The molecule has 3 rings (SSSR count). The van der Waals surface area contributed by atoms with Crippen molar-refractivity contribution in [2.24, 2.45) is 0 Å². The maximum Gasteiger partial charge on any atom is 0.244 e. The number of hydrogen-bond donors (Lipinski definition) is 1. The number of aliphatic hydroxyl groups is 1. The molecule has 0 bridgehead atoms. The molecule has 2 fully saturated rings. The maximum atomic E-state index is 12.8. The molecular formula is C14H22N2O3S2. The molecule has 1 aromatic rings. The van der Waals surface area contributed by atoms with Gasteiger partial charge in [-0.2, -0.15) is 4.31 Å². The van der Waals surface area contributed by atoms with Gasteiger partial charge in [0, 0.05) is 28.9 Å². The van der Waals surface area contributed by atoms with Gasteiger partial charge in [-0.05, 0) is 45.3 Å². The van der Waals surface area contributed by atoms with Crippen molar-refractivity contribution in [2.45, 2.75) is 43.7 Å². The topological polar surface area (TPSA) is 60.9 Å². The van der Waals surface area contributed by atoms with Gasteiger partial charge in [-0.15, -0.1) is 11.3 Å². The second-order valence-corrected chi connectivity index (χ2v) is 9.09. The minimum absolute atomic E-state index is 0.0998.